The van der Waals surface area contributed by atoms with Gasteiger partial charge in [-0.15, -0.1) is 0 Å². The highest BCUT2D eigenvalue weighted by Gasteiger charge is 2.13. The minimum atomic E-state index is -0.192. The molecule has 0 unspecified atom stereocenters. The van der Waals surface area contributed by atoms with Crippen LogP contribution in [0.15, 0.2) is 24.5 Å². The third-order valence-corrected chi connectivity index (χ3v) is 4.10. The number of aliphatic hydroxyl groups excluding tert-OH is 1. The molecule has 124 valence electrons. The Hall–Kier alpha value is -0.970. The largest absolute Gasteiger partial charge is 0.393 e. The van der Waals surface area contributed by atoms with Gasteiger partial charge in [-0.3, -0.25) is 4.98 Å². The molecule has 1 saturated heterocycles. The fourth-order valence-electron chi connectivity index (χ4n) is 2.77. The molecule has 0 spiro atoms. The van der Waals surface area contributed by atoms with Gasteiger partial charge in [0.1, 0.15) is 0 Å². The maximum atomic E-state index is 9.99. The second-order valence-corrected chi connectivity index (χ2v) is 6.07. The summed E-state index contributed by atoms with van der Waals surface area (Å²) in [6.45, 7) is 1.58. The summed E-state index contributed by atoms with van der Waals surface area (Å²) in [4.78, 5) is 4.10. The number of nitrogens with zero attached hydrogens (tertiary/aromatic N) is 1. The van der Waals surface area contributed by atoms with E-state index in [1.165, 1.54) is 12.0 Å². The van der Waals surface area contributed by atoms with E-state index in [9.17, 15) is 5.11 Å². The van der Waals surface area contributed by atoms with Crippen LogP contribution in [0.3, 0.4) is 0 Å². The Morgan fingerprint density at radius 2 is 2.18 bits per heavy atom. The standard InChI is InChI=1S/C18H29NO3/c20-17(10-5-7-16-8-6-12-19-15-16)9-1-3-13-21-18-11-2-4-14-22-18/h6,8,12,15,17-18,20H,1-5,7,9-11,13-14H2/t17-,18+/m0/s1. The van der Waals surface area contributed by atoms with Gasteiger partial charge in [0.25, 0.3) is 0 Å². The van der Waals surface area contributed by atoms with Crippen LogP contribution in [-0.4, -0.2) is 35.7 Å². The van der Waals surface area contributed by atoms with E-state index < -0.39 is 0 Å². The van der Waals surface area contributed by atoms with E-state index in [0.717, 1.165) is 64.6 Å². The Morgan fingerprint density at radius 1 is 1.27 bits per heavy atom. The number of aryl methyl sites for hydroxylation is 1. The molecule has 22 heavy (non-hydrogen) atoms. The van der Waals surface area contributed by atoms with Crippen LogP contribution >= 0.6 is 0 Å². The van der Waals surface area contributed by atoms with E-state index in [4.69, 9.17) is 9.47 Å². The average Bonchev–Trinajstić information content (AvgIpc) is 2.56. The molecule has 1 aliphatic rings. The molecule has 0 aliphatic carbocycles. The Labute approximate surface area is 133 Å². The molecule has 0 aromatic carbocycles. The normalized spacial score (nSPS) is 20.0. The SMILES string of the molecule is O[C@@H](CCCCO[C@H]1CCCCO1)CCCc1cccnc1. The molecule has 0 saturated carbocycles. The molecule has 0 amide bonds. The summed E-state index contributed by atoms with van der Waals surface area (Å²) in [6.07, 6.45) is 12.6. The van der Waals surface area contributed by atoms with Crippen molar-refractivity contribution < 1.29 is 14.6 Å². The fourth-order valence-corrected chi connectivity index (χ4v) is 2.77. The third kappa shape index (κ3) is 7.34. The van der Waals surface area contributed by atoms with Gasteiger partial charge in [0.2, 0.25) is 0 Å². The Balaban J connectivity index is 1.43. The van der Waals surface area contributed by atoms with Gasteiger partial charge in [0, 0.05) is 25.6 Å². The summed E-state index contributed by atoms with van der Waals surface area (Å²) in [5, 5.41) is 9.99. The Morgan fingerprint density at radius 3 is 2.95 bits per heavy atom. The van der Waals surface area contributed by atoms with Gasteiger partial charge in [0.05, 0.1) is 6.10 Å². The molecule has 0 radical (unpaired) electrons. The summed E-state index contributed by atoms with van der Waals surface area (Å²) in [5.74, 6) is 0. The first-order valence-electron chi connectivity index (χ1n) is 8.65. The fraction of sp³-hybridized carbons (Fsp3) is 0.722. The minimum absolute atomic E-state index is 0.0122. The number of hydrogen-bond acceptors (Lipinski definition) is 4. The molecule has 1 N–H and O–H groups in total. The second-order valence-electron chi connectivity index (χ2n) is 6.07. The maximum absolute atomic E-state index is 9.99. The van der Waals surface area contributed by atoms with Crippen LogP contribution in [-0.2, 0) is 15.9 Å². The quantitative estimate of drug-likeness (QED) is 0.672. The molecule has 4 nitrogen and oxygen atoms in total. The number of aliphatic hydroxyl groups is 1. The van der Waals surface area contributed by atoms with E-state index in [1.54, 1.807) is 6.20 Å². The first-order chi connectivity index (χ1) is 10.8. The van der Waals surface area contributed by atoms with Crippen molar-refractivity contribution in [3.05, 3.63) is 30.1 Å². The summed E-state index contributed by atoms with van der Waals surface area (Å²) in [7, 11) is 0. The molecule has 2 heterocycles. The van der Waals surface area contributed by atoms with Crippen LogP contribution in [0.2, 0.25) is 0 Å². The average molecular weight is 307 g/mol. The molecule has 1 aromatic heterocycles. The van der Waals surface area contributed by atoms with Crippen LogP contribution in [0.25, 0.3) is 0 Å². The molecule has 2 rings (SSSR count). The highest BCUT2D eigenvalue weighted by atomic mass is 16.7. The lowest BCUT2D eigenvalue weighted by molar-refractivity contribution is -0.162. The summed E-state index contributed by atoms with van der Waals surface area (Å²) < 4.78 is 11.2. The molecular weight excluding hydrogens is 278 g/mol. The number of hydrogen-bond donors (Lipinski definition) is 1. The zero-order valence-electron chi connectivity index (χ0n) is 13.5. The first-order valence-corrected chi connectivity index (χ1v) is 8.65. The molecule has 4 heteroatoms. The highest BCUT2D eigenvalue weighted by molar-refractivity contribution is 5.08. The Kier molecular flexibility index (Phi) is 8.46. The number of ether oxygens (including phenoxy) is 2. The molecule has 0 bridgehead atoms. The lowest BCUT2D eigenvalue weighted by Gasteiger charge is -2.22. The lowest BCUT2D eigenvalue weighted by atomic mass is 10.0. The van der Waals surface area contributed by atoms with Crippen molar-refractivity contribution >= 4 is 0 Å². The topological polar surface area (TPSA) is 51.6 Å². The van der Waals surface area contributed by atoms with Crippen molar-refractivity contribution in [1.82, 2.24) is 4.98 Å². The molecule has 2 atom stereocenters. The van der Waals surface area contributed by atoms with Crippen molar-refractivity contribution in [2.75, 3.05) is 13.2 Å². The zero-order chi connectivity index (χ0) is 15.5. The van der Waals surface area contributed by atoms with E-state index in [-0.39, 0.29) is 12.4 Å². The van der Waals surface area contributed by atoms with Gasteiger partial charge in [-0.25, -0.2) is 0 Å². The van der Waals surface area contributed by atoms with E-state index in [0.29, 0.717) is 0 Å². The van der Waals surface area contributed by atoms with Crippen LogP contribution in [0.4, 0.5) is 0 Å². The lowest BCUT2D eigenvalue weighted by Crippen LogP contribution is -2.22. The summed E-state index contributed by atoms with van der Waals surface area (Å²) in [6, 6.07) is 4.05. The van der Waals surface area contributed by atoms with Crippen LogP contribution < -0.4 is 0 Å². The maximum Gasteiger partial charge on any atom is 0.157 e. The van der Waals surface area contributed by atoms with Crippen molar-refractivity contribution in [3.8, 4) is 0 Å². The van der Waals surface area contributed by atoms with Crippen LogP contribution in [0, 0.1) is 0 Å². The second kappa shape index (κ2) is 10.7. The van der Waals surface area contributed by atoms with Gasteiger partial charge >= 0.3 is 0 Å². The van der Waals surface area contributed by atoms with Gasteiger partial charge in [-0.05, 0) is 69.4 Å². The molecule has 1 aliphatic heterocycles. The van der Waals surface area contributed by atoms with E-state index in [1.807, 2.05) is 12.3 Å². The number of rotatable bonds is 10. The van der Waals surface area contributed by atoms with Crippen molar-refractivity contribution in [3.63, 3.8) is 0 Å². The zero-order valence-corrected chi connectivity index (χ0v) is 13.5. The van der Waals surface area contributed by atoms with Crippen LogP contribution in [0.5, 0.6) is 0 Å². The number of unbranched alkanes of at least 4 members (excludes halogenated alkanes) is 1. The van der Waals surface area contributed by atoms with Gasteiger partial charge in [-0.2, -0.15) is 0 Å². The van der Waals surface area contributed by atoms with Gasteiger partial charge in [0.15, 0.2) is 6.29 Å². The van der Waals surface area contributed by atoms with E-state index >= 15 is 0 Å². The molecule has 1 fully saturated rings. The van der Waals surface area contributed by atoms with Crippen molar-refractivity contribution in [2.24, 2.45) is 0 Å². The van der Waals surface area contributed by atoms with Crippen LogP contribution in [0.1, 0.15) is 56.9 Å². The number of pyridine rings is 1. The highest BCUT2D eigenvalue weighted by Crippen LogP contribution is 2.15. The van der Waals surface area contributed by atoms with Gasteiger partial charge < -0.3 is 14.6 Å². The smallest absolute Gasteiger partial charge is 0.157 e. The Bertz CT molecular complexity index is 379. The van der Waals surface area contributed by atoms with E-state index in [2.05, 4.69) is 11.1 Å². The predicted octanol–water partition coefficient (Wildman–Crippen LogP) is 3.48. The van der Waals surface area contributed by atoms with Crippen molar-refractivity contribution in [1.29, 1.82) is 0 Å². The predicted molar refractivity (Wildman–Crippen MR) is 86.6 cm³/mol. The molecule has 1 aromatic rings. The van der Waals surface area contributed by atoms with Crippen molar-refractivity contribution in [2.45, 2.75) is 70.2 Å². The first kappa shape index (κ1) is 17.4. The summed E-state index contributed by atoms with van der Waals surface area (Å²) in [5.41, 5.74) is 1.25. The minimum Gasteiger partial charge on any atom is -0.393 e. The molecular formula is C18H29NO3. The number of aromatic nitrogens is 1. The van der Waals surface area contributed by atoms with Gasteiger partial charge in [-0.1, -0.05) is 6.07 Å². The monoisotopic (exact) mass is 307 g/mol. The summed E-state index contributed by atoms with van der Waals surface area (Å²) >= 11 is 0. The third-order valence-electron chi connectivity index (χ3n) is 4.10.